The van der Waals surface area contributed by atoms with Gasteiger partial charge in [0, 0.05) is 25.9 Å². The quantitative estimate of drug-likeness (QED) is 0.791. The summed E-state index contributed by atoms with van der Waals surface area (Å²) in [5.74, 6) is -0.220. The van der Waals surface area contributed by atoms with Crippen LogP contribution >= 0.6 is 11.7 Å². The summed E-state index contributed by atoms with van der Waals surface area (Å²) in [6.07, 6.45) is 1.52. The Bertz CT molecular complexity index is 869. The number of benzene rings is 1. The molecule has 6 nitrogen and oxygen atoms in total. The molecule has 0 saturated carbocycles. The molecule has 0 radical (unpaired) electrons. The third kappa shape index (κ3) is 2.82. The van der Waals surface area contributed by atoms with Gasteiger partial charge in [0.15, 0.2) is 0 Å². The largest absolute Gasteiger partial charge is 0.348 e. The van der Waals surface area contributed by atoms with Gasteiger partial charge in [-0.3, -0.25) is 9.59 Å². The van der Waals surface area contributed by atoms with Crippen LogP contribution in [0.2, 0.25) is 0 Å². The first-order valence-corrected chi connectivity index (χ1v) is 7.02. The number of carbonyl (C=O) groups is 1. The lowest BCUT2D eigenvalue weighted by Crippen LogP contribution is -2.25. The second-order valence-electron chi connectivity index (χ2n) is 4.64. The van der Waals surface area contributed by atoms with E-state index in [2.05, 4.69) is 14.1 Å². The number of rotatable bonds is 3. The summed E-state index contributed by atoms with van der Waals surface area (Å²) in [5, 5.41) is 2.82. The van der Waals surface area contributed by atoms with Crippen molar-refractivity contribution >= 4 is 28.7 Å². The number of aryl methyl sites for hydroxylation is 1. The van der Waals surface area contributed by atoms with Gasteiger partial charge in [-0.1, -0.05) is 6.07 Å². The van der Waals surface area contributed by atoms with Crippen LogP contribution in [-0.2, 0) is 13.6 Å². The van der Waals surface area contributed by atoms with Crippen LogP contribution in [0.5, 0.6) is 0 Å². The van der Waals surface area contributed by atoms with E-state index < -0.39 is 0 Å². The number of amides is 1. The lowest BCUT2D eigenvalue weighted by Gasteiger charge is -2.06. The lowest BCUT2D eigenvalue weighted by atomic mass is 10.2. The van der Waals surface area contributed by atoms with E-state index in [1.54, 1.807) is 7.05 Å². The normalized spacial score (nSPS) is 10.7. The van der Waals surface area contributed by atoms with E-state index in [0.717, 1.165) is 16.6 Å². The highest BCUT2D eigenvalue weighted by Crippen LogP contribution is 2.13. The Labute approximate surface area is 124 Å². The molecule has 1 aromatic carbocycles. The number of fused-ring (bicyclic) bond motifs is 1. The third-order valence-electron chi connectivity index (χ3n) is 3.12. The van der Waals surface area contributed by atoms with Crippen LogP contribution in [0.25, 0.3) is 11.0 Å². The highest BCUT2D eigenvalue weighted by Gasteiger charge is 2.07. The maximum atomic E-state index is 12.0. The van der Waals surface area contributed by atoms with Crippen molar-refractivity contribution in [3.05, 3.63) is 58.0 Å². The van der Waals surface area contributed by atoms with E-state index >= 15 is 0 Å². The molecule has 7 heteroatoms. The van der Waals surface area contributed by atoms with Crippen LogP contribution in [0, 0.1) is 0 Å². The molecule has 0 fully saturated rings. The third-order valence-corrected chi connectivity index (χ3v) is 3.68. The Morgan fingerprint density at radius 2 is 2.05 bits per heavy atom. The van der Waals surface area contributed by atoms with E-state index in [-0.39, 0.29) is 11.5 Å². The molecule has 0 spiro atoms. The van der Waals surface area contributed by atoms with E-state index in [0.29, 0.717) is 12.1 Å². The van der Waals surface area contributed by atoms with Gasteiger partial charge >= 0.3 is 0 Å². The first-order chi connectivity index (χ1) is 10.1. The predicted octanol–water partition coefficient (Wildman–Crippen LogP) is 1.32. The molecule has 3 rings (SSSR count). The molecule has 21 heavy (non-hydrogen) atoms. The fourth-order valence-electron chi connectivity index (χ4n) is 1.95. The zero-order valence-electron chi connectivity index (χ0n) is 11.2. The maximum Gasteiger partial charge on any atom is 0.253 e. The maximum absolute atomic E-state index is 12.0. The van der Waals surface area contributed by atoms with Crippen molar-refractivity contribution in [2.75, 3.05) is 0 Å². The van der Waals surface area contributed by atoms with Crippen molar-refractivity contribution in [1.29, 1.82) is 0 Å². The second-order valence-corrected chi connectivity index (χ2v) is 5.17. The van der Waals surface area contributed by atoms with Crippen LogP contribution in [0.3, 0.4) is 0 Å². The Kier molecular flexibility index (Phi) is 3.49. The molecule has 0 unspecified atom stereocenters. The minimum Gasteiger partial charge on any atom is -0.348 e. The number of aromatic nitrogens is 3. The minimum atomic E-state index is -0.220. The number of carbonyl (C=O) groups excluding carboxylic acids is 1. The molecular formula is C14H12N4O2S. The highest BCUT2D eigenvalue weighted by molar-refractivity contribution is 7.00. The summed E-state index contributed by atoms with van der Waals surface area (Å²) < 4.78 is 9.67. The van der Waals surface area contributed by atoms with Gasteiger partial charge in [0.25, 0.3) is 5.91 Å². The summed E-state index contributed by atoms with van der Waals surface area (Å²) in [6.45, 7) is 0.398. The van der Waals surface area contributed by atoms with Crippen LogP contribution in [-0.4, -0.2) is 19.2 Å². The lowest BCUT2D eigenvalue weighted by molar-refractivity contribution is 0.0950. The Hall–Kier alpha value is -2.54. The average Bonchev–Trinajstić information content (AvgIpc) is 2.95. The molecule has 3 aromatic rings. The van der Waals surface area contributed by atoms with Crippen molar-refractivity contribution in [1.82, 2.24) is 18.6 Å². The number of pyridine rings is 1. The standard InChI is InChI=1S/C14H12N4O2S/c1-18-8-10(3-5-13(18)19)14(20)15-7-9-2-4-11-12(6-9)17-21-16-11/h2-6,8H,7H2,1H3,(H,15,20). The summed E-state index contributed by atoms with van der Waals surface area (Å²) in [4.78, 5) is 23.3. The molecule has 2 aromatic heterocycles. The predicted molar refractivity (Wildman–Crippen MR) is 80.3 cm³/mol. The molecule has 1 N–H and O–H groups in total. The molecule has 0 aliphatic rings. The monoisotopic (exact) mass is 300 g/mol. The Morgan fingerprint density at radius 1 is 1.24 bits per heavy atom. The number of hydrogen-bond acceptors (Lipinski definition) is 5. The number of nitrogens with zero attached hydrogens (tertiary/aromatic N) is 3. The Morgan fingerprint density at radius 3 is 2.86 bits per heavy atom. The van der Waals surface area contributed by atoms with E-state index in [1.165, 1.54) is 34.6 Å². The highest BCUT2D eigenvalue weighted by atomic mass is 32.1. The van der Waals surface area contributed by atoms with Crippen molar-refractivity contribution in [2.45, 2.75) is 6.54 Å². The fraction of sp³-hybridized carbons (Fsp3) is 0.143. The molecule has 0 bridgehead atoms. The van der Waals surface area contributed by atoms with E-state index in [4.69, 9.17) is 0 Å². The smallest absolute Gasteiger partial charge is 0.253 e. The molecule has 106 valence electrons. The first kappa shape index (κ1) is 13.4. The van der Waals surface area contributed by atoms with Gasteiger partial charge in [-0.2, -0.15) is 8.75 Å². The molecule has 0 aliphatic heterocycles. The van der Waals surface area contributed by atoms with Gasteiger partial charge in [-0.05, 0) is 23.8 Å². The summed E-state index contributed by atoms with van der Waals surface area (Å²) in [5.41, 5.74) is 2.94. The molecule has 0 aliphatic carbocycles. The first-order valence-electron chi connectivity index (χ1n) is 6.29. The summed E-state index contributed by atoms with van der Waals surface area (Å²) in [6, 6.07) is 8.59. The number of nitrogens with one attached hydrogen (secondary N) is 1. The fourth-order valence-corrected chi connectivity index (χ4v) is 2.47. The van der Waals surface area contributed by atoms with Crippen LogP contribution < -0.4 is 10.9 Å². The molecular weight excluding hydrogens is 288 g/mol. The van der Waals surface area contributed by atoms with Gasteiger partial charge in [-0.25, -0.2) is 0 Å². The van der Waals surface area contributed by atoms with Crippen LogP contribution in [0.1, 0.15) is 15.9 Å². The Balaban J connectivity index is 1.72. The van der Waals surface area contributed by atoms with Crippen LogP contribution in [0.4, 0.5) is 0 Å². The van der Waals surface area contributed by atoms with E-state index in [9.17, 15) is 9.59 Å². The molecule has 2 heterocycles. The zero-order valence-corrected chi connectivity index (χ0v) is 12.1. The van der Waals surface area contributed by atoms with Crippen molar-refractivity contribution in [3.63, 3.8) is 0 Å². The SMILES string of the molecule is Cn1cc(C(=O)NCc2ccc3nsnc3c2)ccc1=O. The van der Waals surface area contributed by atoms with Gasteiger partial charge in [0.2, 0.25) is 5.56 Å². The van der Waals surface area contributed by atoms with Gasteiger partial charge in [0.05, 0.1) is 17.3 Å². The van der Waals surface area contributed by atoms with Crippen molar-refractivity contribution in [2.24, 2.45) is 7.05 Å². The molecule has 0 saturated heterocycles. The number of hydrogen-bond donors (Lipinski definition) is 1. The second kappa shape index (κ2) is 5.45. The summed E-state index contributed by atoms with van der Waals surface area (Å²) in [7, 11) is 1.61. The summed E-state index contributed by atoms with van der Waals surface area (Å²) >= 11 is 1.17. The minimum absolute atomic E-state index is 0.145. The molecule has 1 amide bonds. The average molecular weight is 300 g/mol. The molecule has 0 atom stereocenters. The zero-order chi connectivity index (χ0) is 14.8. The van der Waals surface area contributed by atoms with Gasteiger partial charge in [-0.15, -0.1) is 0 Å². The van der Waals surface area contributed by atoms with Gasteiger partial charge in [0.1, 0.15) is 11.0 Å². The topological polar surface area (TPSA) is 76.9 Å². The van der Waals surface area contributed by atoms with Crippen LogP contribution in [0.15, 0.2) is 41.3 Å². The van der Waals surface area contributed by atoms with E-state index in [1.807, 2.05) is 18.2 Å². The van der Waals surface area contributed by atoms with Gasteiger partial charge < -0.3 is 9.88 Å². The van der Waals surface area contributed by atoms with Crippen molar-refractivity contribution in [3.8, 4) is 0 Å². The van der Waals surface area contributed by atoms with Crippen molar-refractivity contribution < 1.29 is 4.79 Å².